The maximum atomic E-state index is 11.6. The fourth-order valence-electron chi connectivity index (χ4n) is 1.57. The third-order valence-corrected chi connectivity index (χ3v) is 2.53. The number of amides is 1. The Hall–Kier alpha value is -1.55. The van der Waals surface area contributed by atoms with Crippen molar-refractivity contribution in [1.82, 2.24) is 0 Å². The molecule has 1 aliphatic heterocycles. The number of nitrogens with one attached hydrogen (secondary N) is 2. The van der Waals surface area contributed by atoms with Gasteiger partial charge in [0.15, 0.2) is 0 Å². The first-order chi connectivity index (χ1) is 7.03. The summed E-state index contributed by atoms with van der Waals surface area (Å²) in [5, 5.41) is 15.0. The van der Waals surface area contributed by atoms with Gasteiger partial charge in [0.1, 0.15) is 5.54 Å². The molecular weight excluding hydrogens is 192 g/mol. The van der Waals surface area contributed by atoms with Crippen LogP contribution in [0.4, 0.5) is 11.4 Å². The molecule has 2 rings (SSSR count). The molecule has 1 aromatic rings. The fraction of sp³-hybridized carbons (Fsp3) is 0.364. The number of fused-ring (bicyclic) bond motifs is 1. The third-order valence-electron chi connectivity index (χ3n) is 2.53. The van der Waals surface area contributed by atoms with Gasteiger partial charge in [-0.15, -0.1) is 0 Å². The lowest BCUT2D eigenvalue weighted by atomic mass is 9.99. The molecule has 1 heterocycles. The fourth-order valence-corrected chi connectivity index (χ4v) is 1.57. The third kappa shape index (κ3) is 1.68. The molecule has 0 saturated carbocycles. The molecule has 4 nitrogen and oxygen atoms in total. The number of aliphatic hydroxyl groups is 1. The number of hydrogen-bond acceptors (Lipinski definition) is 3. The van der Waals surface area contributed by atoms with E-state index < -0.39 is 5.54 Å². The maximum absolute atomic E-state index is 11.6. The summed E-state index contributed by atoms with van der Waals surface area (Å²) >= 11 is 0. The Morgan fingerprint density at radius 1 is 1.33 bits per heavy atom. The molecule has 0 unspecified atom stereocenters. The number of aliphatic hydroxyl groups excluding tert-OH is 1. The zero-order valence-electron chi connectivity index (χ0n) is 8.79. The lowest BCUT2D eigenvalue weighted by Crippen LogP contribution is -2.47. The van der Waals surface area contributed by atoms with Crippen molar-refractivity contribution in [2.75, 3.05) is 10.6 Å². The van der Waals surface area contributed by atoms with E-state index in [1.165, 1.54) is 0 Å². The van der Waals surface area contributed by atoms with Crippen LogP contribution in [0, 0.1) is 0 Å². The van der Waals surface area contributed by atoms with E-state index in [4.69, 9.17) is 5.11 Å². The molecule has 3 N–H and O–H groups in total. The highest BCUT2D eigenvalue weighted by Crippen LogP contribution is 2.31. The summed E-state index contributed by atoms with van der Waals surface area (Å²) in [7, 11) is 0. The second-order valence-corrected chi connectivity index (χ2v) is 4.24. The normalized spacial score (nSPS) is 17.7. The Labute approximate surface area is 88.3 Å². The number of carbonyl (C=O) groups excluding carboxylic acids is 1. The highest BCUT2D eigenvalue weighted by Gasteiger charge is 2.32. The van der Waals surface area contributed by atoms with Crippen molar-refractivity contribution in [3.05, 3.63) is 23.8 Å². The van der Waals surface area contributed by atoms with Crippen molar-refractivity contribution in [3.8, 4) is 0 Å². The quantitative estimate of drug-likeness (QED) is 0.649. The molecule has 80 valence electrons. The lowest BCUT2D eigenvalue weighted by Gasteiger charge is -2.32. The van der Waals surface area contributed by atoms with E-state index in [2.05, 4.69) is 10.6 Å². The molecule has 0 aliphatic carbocycles. The molecule has 0 bridgehead atoms. The molecule has 0 aromatic heterocycles. The van der Waals surface area contributed by atoms with Crippen LogP contribution < -0.4 is 10.6 Å². The number of benzene rings is 1. The van der Waals surface area contributed by atoms with E-state index in [0.717, 1.165) is 16.9 Å². The highest BCUT2D eigenvalue weighted by atomic mass is 16.3. The second-order valence-electron chi connectivity index (χ2n) is 4.24. The van der Waals surface area contributed by atoms with E-state index in [0.29, 0.717) is 0 Å². The van der Waals surface area contributed by atoms with Gasteiger partial charge in [-0.05, 0) is 31.5 Å². The number of carbonyl (C=O) groups is 1. The summed E-state index contributed by atoms with van der Waals surface area (Å²) in [5.41, 5.74) is 1.83. The van der Waals surface area contributed by atoms with Crippen molar-refractivity contribution >= 4 is 17.3 Å². The van der Waals surface area contributed by atoms with Crippen molar-refractivity contribution in [3.63, 3.8) is 0 Å². The zero-order valence-corrected chi connectivity index (χ0v) is 8.79. The van der Waals surface area contributed by atoms with Gasteiger partial charge in [-0.3, -0.25) is 4.79 Å². The molecule has 0 saturated heterocycles. The van der Waals surface area contributed by atoms with Gasteiger partial charge in [0.2, 0.25) is 5.91 Å². The van der Waals surface area contributed by atoms with Crippen LogP contribution in [0.15, 0.2) is 18.2 Å². The molecule has 1 aromatic carbocycles. The monoisotopic (exact) mass is 206 g/mol. The van der Waals surface area contributed by atoms with E-state index in [9.17, 15) is 4.79 Å². The molecule has 0 spiro atoms. The van der Waals surface area contributed by atoms with Crippen molar-refractivity contribution in [1.29, 1.82) is 0 Å². The van der Waals surface area contributed by atoms with Crippen LogP contribution in [0.2, 0.25) is 0 Å². The van der Waals surface area contributed by atoms with Crippen molar-refractivity contribution in [2.45, 2.75) is 26.0 Å². The first-order valence-electron chi connectivity index (χ1n) is 4.86. The molecule has 4 heteroatoms. The van der Waals surface area contributed by atoms with E-state index in [-0.39, 0.29) is 12.5 Å². The number of hydrogen-bond donors (Lipinski definition) is 3. The molecule has 0 fully saturated rings. The molecule has 0 radical (unpaired) electrons. The Balaban J connectivity index is 2.42. The van der Waals surface area contributed by atoms with Crippen molar-refractivity contribution < 1.29 is 9.90 Å². The molecule has 0 atom stereocenters. The van der Waals surface area contributed by atoms with Gasteiger partial charge >= 0.3 is 0 Å². The summed E-state index contributed by atoms with van der Waals surface area (Å²) < 4.78 is 0. The average Bonchev–Trinajstić information content (AvgIpc) is 2.18. The minimum absolute atomic E-state index is 0.00331. The summed E-state index contributed by atoms with van der Waals surface area (Å²) in [4.78, 5) is 11.6. The van der Waals surface area contributed by atoms with E-state index >= 15 is 0 Å². The minimum atomic E-state index is -0.610. The smallest absolute Gasteiger partial charge is 0.249 e. The zero-order chi connectivity index (χ0) is 11.1. The van der Waals surface area contributed by atoms with Gasteiger partial charge in [-0.2, -0.15) is 0 Å². The van der Waals surface area contributed by atoms with Gasteiger partial charge in [-0.25, -0.2) is 0 Å². The van der Waals surface area contributed by atoms with Gasteiger partial charge in [0.05, 0.1) is 18.0 Å². The first-order valence-corrected chi connectivity index (χ1v) is 4.86. The van der Waals surface area contributed by atoms with Gasteiger partial charge < -0.3 is 15.7 Å². The predicted octanol–water partition coefficient (Wildman–Crippen LogP) is 1.32. The summed E-state index contributed by atoms with van der Waals surface area (Å²) in [6.07, 6.45) is 0. The highest BCUT2D eigenvalue weighted by molar-refractivity contribution is 6.05. The van der Waals surface area contributed by atoms with Crippen LogP contribution in [0.1, 0.15) is 19.4 Å². The molecule has 15 heavy (non-hydrogen) atoms. The van der Waals surface area contributed by atoms with Gasteiger partial charge in [-0.1, -0.05) is 6.07 Å². The van der Waals surface area contributed by atoms with Crippen LogP contribution in [-0.4, -0.2) is 16.6 Å². The van der Waals surface area contributed by atoms with Crippen LogP contribution in [-0.2, 0) is 11.4 Å². The number of anilines is 2. The van der Waals surface area contributed by atoms with Crippen LogP contribution in [0.25, 0.3) is 0 Å². The Bertz CT molecular complexity index is 413. The van der Waals surface area contributed by atoms with Gasteiger partial charge in [0, 0.05) is 0 Å². The van der Waals surface area contributed by atoms with Crippen LogP contribution in [0.3, 0.4) is 0 Å². The topological polar surface area (TPSA) is 61.4 Å². The summed E-state index contributed by atoms with van der Waals surface area (Å²) in [6.45, 7) is 3.64. The number of rotatable bonds is 1. The molecular formula is C11H14N2O2. The van der Waals surface area contributed by atoms with Gasteiger partial charge in [0.25, 0.3) is 0 Å². The SMILES string of the molecule is CC1(C)Nc2cc(CO)ccc2NC1=O. The summed E-state index contributed by atoms with van der Waals surface area (Å²) in [6, 6.07) is 5.43. The molecule has 1 amide bonds. The van der Waals surface area contributed by atoms with Crippen LogP contribution >= 0.6 is 0 Å². The first kappa shape index (κ1) is 9.98. The van der Waals surface area contributed by atoms with E-state index in [1.54, 1.807) is 12.1 Å². The Morgan fingerprint density at radius 3 is 2.73 bits per heavy atom. The largest absolute Gasteiger partial charge is 0.392 e. The second kappa shape index (κ2) is 3.24. The van der Waals surface area contributed by atoms with Crippen molar-refractivity contribution in [2.24, 2.45) is 0 Å². The maximum Gasteiger partial charge on any atom is 0.249 e. The molecule has 1 aliphatic rings. The average molecular weight is 206 g/mol. The lowest BCUT2D eigenvalue weighted by molar-refractivity contribution is -0.119. The van der Waals surface area contributed by atoms with Crippen LogP contribution in [0.5, 0.6) is 0 Å². The predicted molar refractivity (Wildman–Crippen MR) is 58.7 cm³/mol. The Morgan fingerprint density at radius 2 is 2.07 bits per heavy atom. The van der Waals surface area contributed by atoms with E-state index in [1.807, 2.05) is 19.9 Å². The summed E-state index contributed by atoms with van der Waals surface area (Å²) in [5.74, 6) is -0.0493. The standard InChI is InChI=1S/C11H14N2O2/c1-11(2)10(15)12-8-4-3-7(6-14)5-9(8)13-11/h3-5,13-14H,6H2,1-2H3,(H,12,15). The Kier molecular flexibility index (Phi) is 2.16. The minimum Gasteiger partial charge on any atom is -0.392 e.